The van der Waals surface area contributed by atoms with E-state index in [0.29, 0.717) is 10.7 Å². The van der Waals surface area contributed by atoms with Crippen molar-refractivity contribution in [2.45, 2.75) is 24.7 Å². The van der Waals surface area contributed by atoms with Crippen LogP contribution in [-0.2, 0) is 26.2 Å². The molecule has 0 aliphatic carbocycles. The molecule has 3 aromatic heterocycles. The highest BCUT2D eigenvalue weighted by Crippen LogP contribution is 2.33. The molecule has 4 rings (SSSR count). The fraction of sp³-hybridized carbons (Fsp3) is 0.250. The molecule has 0 aliphatic rings. The van der Waals surface area contributed by atoms with Crippen molar-refractivity contribution in [3.05, 3.63) is 68.4 Å². The summed E-state index contributed by atoms with van der Waals surface area (Å²) in [6.45, 7) is -1.85. The van der Waals surface area contributed by atoms with Gasteiger partial charge < -0.3 is 9.47 Å². The number of hydrogen-bond acceptors (Lipinski definition) is 12. The molecule has 17 nitrogen and oxygen atoms in total. The van der Waals surface area contributed by atoms with Gasteiger partial charge in [-0.05, 0) is 31.2 Å². The van der Waals surface area contributed by atoms with Gasteiger partial charge in [-0.1, -0.05) is 23.2 Å². The molecule has 26 heteroatoms. The van der Waals surface area contributed by atoms with Crippen LogP contribution in [0.4, 0.5) is 38.4 Å². The number of anilines is 2. The molecule has 0 saturated heterocycles. The third kappa shape index (κ3) is 9.88. The zero-order chi connectivity index (χ0) is 37.8. The van der Waals surface area contributed by atoms with E-state index in [9.17, 15) is 48.4 Å². The van der Waals surface area contributed by atoms with Crippen LogP contribution in [0.2, 0.25) is 10.0 Å². The monoisotopic (exact) mass is 793 g/mol. The third-order valence-corrected chi connectivity index (χ3v) is 8.11. The minimum Gasteiger partial charge on any atom is -0.481 e. The maximum Gasteiger partial charge on any atom is 0.419 e. The zero-order valence-electron chi connectivity index (χ0n) is 25.5. The van der Waals surface area contributed by atoms with Crippen LogP contribution in [0.15, 0.2) is 46.3 Å². The van der Waals surface area contributed by atoms with Crippen LogP contribution in [-0.4, -0.2) is 72.6 Å². The Hall–Kier alpha value is -4.81. The second-order valence-corrected chi connectivity index (χ2v) is 13.4. The van der Waals surface area contributed by atoms with Crippen LogP contribution in [0.3, 0.4) is 0 Å². The van der Waals surface area contributed by atoms with Crippen LogP contribution in [0, 0.1) is 6.92 Å². The van der Waals surface area contributed by atoms with Crippen molar-refractivity contribution in [2.24, 2.45) is 0 Å². The fourth-order valence-corrected chi connectivity index (χ4v) is 5.82. The van der Waals surface area contributed by atoms with E-state index in [1.165, 1.54) is 38.0 Å². The number of nitrogens with zero attached hydrogens (tertiary/aromatic N) is 6. The molecule has 1 aromatic carbocycles. The predicted molar refractivity (Wildman–Crippen MR) is 166 cm³/mol. The van der Waals surface area contributed by atoms with Crippen LogP contribution >= 0.6 is 23.2 Å². The molecule has 0 unspecified atom stereocenters. The molecule has 0 radical (unpaired) electrons. The number of alkyl halides is 5. The van der Waals surface area contributed by atoms with Gasteiger partial charge in [-0.2, -0.15) is 45.0 Å². The number of ether oxygens (including phenoxy) is 2. The molecular weight excluding hydrogens is 772 g/mol. The van der Waals surface area contributed by atoms with Gasteiger partial charge in [-0.25, -0.2) is 32.3 Å². The third-order valence-electron chi connectivity index (χ3n) is 5.62. The lowest BCUT2D eigenvalue weighted by atomic mass is 10.3. The molecule has 4 aromatic rings. The average molecular weight is 795 g/mol. The number of urea groups is 1. The highest BCUT2D eigenvalue weighted by atomic mass is 35.5. The number of pyridine rings is 1. The van der Waals surface area contributed by atoms with E-state index in [0.717, 1.165) is 24.6 Å². The number of sulfonamides is 2. The Kier molecular flexibility index (Phi) is 12.2. The van der Waals surface area contributed by atoms with Gasteiger partial charge in [-0.15, -0.1) is 5.10 Å². The molecule has 3 N–H and O–H groups in total. The summed E-state index contributed by atoms with van der Waals surface area (Å²) in [6.07, 6.45) is -3.24. The zero-order valence-corrected chi connectivity index (χ0v) is 28.6. The summed E-state index contributed by atoms with van der Waals surface area (Å²) < 4.78 is 125. The Labute approximate surface area is 288 Å². The van der Waals surface area contributed by atoms with E-state index >= 15 is 0 Å². The van der Waals surface area contributed by atoms with Crippen molar-refractivity contribution in [1.82, 2.24) is 34.0 Å². The number of methoxy groups -OCH3 is 2. The highest BCUT2D eigenvalue weighted by molar-refractivity contribution is 7.92. The fourth-order valence-electron chi connectivity index (χ4n) is 3.62. The van der Waals surface area contributed by atoms with Crippen LogP contribution < -0.4 is 29.9 Å². The van der Waals surface area contributed by atoms with Crippen molar-refractivity contribution in [2.75, 3.05) is 30.5 Å². The Balaban J connectivity index is 0.000000274. The Morgan fingerprint density at radius 1 is 1.00 bits per heavy atom. The number of nitrogens with one attached hydrogen (secondary N) is 3. The second-order valence-electron chi connectivity index (χ2n) is 9.24. The summed E-state index contributed by atoms with van der Waals surface area (Å²) in [6, 6.07) is 3.62. The largest absolute Gasteiger partial charge is 0.481 e. The molecule has 272 valence electrons. The SMILES string of the molecule is COc1cc(OC)nc(NC(=O)NS(=O)(=O)c2ncccc2C(F)(F)F)n1.Cc1nn(-c2cc(NS(C)(=O)=O)c(Cl)cc2Cl)c(=O)n1C(F)F. The summed E-state index contributed by atoms with van der Waals surface area (Å²) in [5, 5.41) is 4.23. The van der Waals surface area contributed by atoms with Crippen LogP contribution in [0.5, 0.6) is 11.8 Å². The Morgan fingerprint density at radius 3 is 2.10 bits per heavy atom. The number of carbonyl (C=O) groups is 1. The minimum atomic E-state index is -4.99. The van der Waals surface area contributed by atoms with Crippen molar-refractivity contribution in [3.63, 3.8) is 0 Å². The summed E-state index contributed by atoms with van der Waals surface area (Å²) in [5.41, 5.74) is -2.80. The lowest BCUT2D eigenvalue weighted by Crippen LogP contribution is -2.36. The van der Waals surface area contributed by atoms with Crippen LogP contribution in [0.25, 0.3) is 5.69 Å². The van der Waals surface area contributed by atoms with E-state index in [1.54, 1.807) is 0 Å². The molecule has 0 aliphatic heterocycles. The maximum absolute atomic E-state index is 12.9. The maximum atomic E-state index is 12.9. The Morgan fingerprint density at radius 2 is 1.60 bits per heavy atom. The number of rotatable bonds is 9. The van der Waals surface area contributed by atoms with Crippen molar-refractivity contribution in [1.29, 1.82) is 0 Å². The van der Waals surface area contributed by atoms with E-state index < -0.39 is 61.0 Å². The summed E-state index contributed by atoms with van der Waals surface area (Å²) in [5.74, 6) is -0.655. The Bertz CT molecular complexity index is 2160. The first-order chi connectivity index (χ1) is 23.1. The van der Waals surface area contributed by atoms with Gasteiger partial charge in [0.25, 0.3) is 10.0 Å². The number of benzene rings is 1. The normalized spacial score (nSPS) is 11.8. The number of hydrogen-bond donors (Lipinski definition) is 3. The smallest absolute Gasteiger partial charge is 0.419 e. The molecule has 0 bridgehead atoms. The summed E-state index contributed by atoms with van der Waals surface area (Å²) >= 11 is 11.8. The van der Waals surface area contributed by atoms with Gasteiger partial charge in [0.1, 0.15) is 5.82 Å². The van der Waals surface area contributed by atoms with Gasteiger partial charge in [0, 0.05) is 6.20 Å². The molecule has 50 heavy (non-hydrogen) atoms. The number of aromatic nitrogens is 6. The molecule has 0 spiro atoms. The number of halogens is 7. The van der Waals surface area contributed by atoms with E-state index in [1.807, 2.05) is 5.32 Å². The standard InChI is InChI=1S/C13H12F3N5O5S.C11H10Cl2F2N4O3S/c1-25-8-6-9(26-2)19-11(18-8)20-12(22)21-27(23,24)10-7(13(14,15)16)4-3-5-17-10;1-5-16-19(11(20)18(5)10(14)15)9-4-8(17-23(2,21)22)6(12)3-7(9)13/h3-6H,1-2H3,(H2,18,19,20,21,22);3-4,10,17H,1-2H3. The number of carbonyl (C=O) groups excluding carboxylic acids is 1. The summed E-state index contributed by atoms with van der Waals surface area (Å²) in [4.78, 5) is 34.6. The van der Waals surface area contributed by atoms with Crippen molar-refractivity contribution >= 4 is 60.9 Å². The lowest BCUT2D eigenvalue weighted by molar-refractivity contribution is -0.140. The topological polar surface area (TPSA) is 218 Å². The van der Waals surface area contributed by atoms with E-state index in [-0.39, 0.29) is 43.6 Å². The molecule has 2 amide bonds. The van der Waals surface area contributed by atoms with Crippen LogP contribution in [0.1, 0.15) is 17.9 Å². The number of aryl methyl sites for hydroxylation is 1. The van der Waals surface area contributed by atoms with E-state index in [2.05, 4.69) is 24.8 Å². The van der Waals surface area contributed by atoms with Gasteiger partial charge in [-0.3, -0.25) is 10.0 Å². The molecule has 0 atom stereocenters. The van der Waals surface area contributed by atoms with E-state index in [4.69, 9.17) is 32.7 Å². The highest BCUT2D eigenvalue weighted by Gasteiger charge is 2.38. The molecule has 0 fully saturated rings. The van der Waals surface area contributed by atoms with Gasteiger partial charge in [0.2, 0.25) is 27.7 Å². The van der Waals surface area contributed by atoms with Crippen molar-refractivity contribution in [3.8, 4) is 17.4 Å². The minimum absolute atomic E-state index is 0.0101. The quantitative estimate of drug-likeness (QED) is 0.206. The first kappa shape index (κ1) is 39.6. The predicted octanol–water partition coefficient (Wildman–Crippen LogP) is 3.83. The van der Waals surface area contributed by atoms with Gasteiger partial charge in [0.05, 0.1) is 53.5 Å². The number of amides is 2. The lowest BCUT2D eigenvalue weighted by Gasteiger charge is -2.13. The first-order valence-electron chi connectivity index (χ1n) is 12.8. The van der Waals surface area contributed by atoms with Gasteiger partial charge in [0.15, 0.2) is 5.03 Å². The molecule has 3 heterocycles. The average Bonchev–Trinajstić information content (AvgIpc) is 3.30. The first-order valence-corrected chi connectivity index (χ1v) is 17.0. The van der Waals surface area contributed by atoms with Gasteiger partial charge >= 0.3 is 24.4 Å². The summed E-state index contributed by atoms with van der Waals surface area (Å²) in [7, 11) is -6.04. The van der Waals surface area contributed by atoms with Crippen molar-refractivity contribution < 1.29 is 53.1 Å². The molecular formula is C24H22Cl2F5N9O8S2. The molecule has 0 saturated carbocycles. The second kappa shape index (κ2) is 15.4.